The van der Waals surface area contributed by atoms with Crippen LogP contribution in [0.15, 0.2) is 30.5 Å². The van der Waals surface area contributed by atoms with Crippen molar-refractivity contribution in [2.24, 2.45) is 0 Å². The van der Waals surface area contributed by atoms with Gasteiger partial charge in [0.05, 0.1) is 4.92 Å². The first-order valence-corrected chi connectivity index (χ1v) is 4.82. The first kappa shape index (κ1) is 11.4. The standard InChI is InChI=1S/C12H15NO2/c1-12(2,3)11-7-5-4-6-10(11)8-9-13(14)15/h4-9H,1-3H3/b9-8+. The first-order valence-electron chi connectivity index (χ1n) is 4.82. The van der Waals surface area contributed by atoms with Crippen LogP contribution >= 0.6 is 0 Å². The summed E-state index contributed by atoms with van der Waals surface area (Å²) in [7, 11) is 0. The number of benzene rings is 1. The molecule has 0 radical (unpaired) electrons. The fourth-order valence-electron chi connectivity index (χ4n) is 1.47. The van der Waals surface area contributed by atoms with Gasteiger partial charge in [0.25, 0.3) is 0 Å². The predicted octanol–water partition coefficient (Wildman–Crippen LogP) is 3.23. The summed E-state index contributed by atoms with van der Waals surface area (Å²) in [6.07, 6.45) is 2.52. The van der Waals surface area contributed by atoms with Crippen molar-refractivity contribution < 1.29 is 4.92 Å². The summed E-state index contributed by atoms with van der Waals surface area (Å²) in [5.74, 6) is 0. The van der Waals surface area contributed by atoms with Crippen molar-refractivity contribution in [2.75, 3.05) is 0 Å². The van der Waals surface area contributed by atoms with Gasteiger partial charge in [-0.1, -0.05) is 45.0 Å². The van der Waals surface area contributed by atoms with E-state index in [0.717, 1.165) is 17.3 Å². The SMILES string of the molecule is CC(C)(C)c1ccccc1/C=C/[N+](=O)[O-]. The van der Waals surface area contributed by atoms with E-state index in [-0.39, 0.29) is 5.41 Å². The molecule has 0 spiro atoms. The predicted molar refractivity (Wildman–Crippen MR) is 61.2 cm³/mol. The van der Waals surface area contributed by atoms with Gasteiger partial charge < -0.3 is 0 Å². The van der Waals surface area contributed by atoms with Crippen LogP contribution < -0.4 is 0 Å². The lowest BCUT2D eigenvalue weighted by molar-refractivity contribution is -0.400. The molecular weight excluding hydrogens is 190 g/mol. The summed E-state index contributed by atoms with van der Waals surface area (Å²) in [5, 5.41) is 10.3. The smallest absolute Gasteiger partial charge is 0.235 e. The second-order valence-electron chi connectivity index (χ2n) is 4.44. The number of hydrogen-bond donors (Lipinski definition) is 0. The van der Waals surface area contributed by atoms with E-state index in [0.29, 0.717) is 0 Å². The summed E-state index contributed by atoms with van der Waals surface area (Å²) in [5.41, 5.74) is 2.02. The molecule has 3 nitrogen and oxygen atoms in total. The highest BCUT2D eigenvalue weighted by molar-refractivity contribution is 5.54. The normalized spacial score (nSPS) is 11.9. The van der Waals surface area contributed by atoms with Crippen molar-refractivity contribution in [1.82, 2.24) is 0 Å². The van der Waals surface area contributed by atoms with Crippen LogP contribution in [0.4, 0.5) is 0 Å². The van der Waals surface area contributed by atoms with E-state index in [9.17, 15) is 10.1 Å². The average Bonchev–Trinajstić information content (AvgIpc) is 2.13. The Morgan fingerprint density at radius 1 is 1.27 bits per heavy atom. The molecular formula is C12H15NO2. The molecule has 80 valence electrons. The topological polar surface area (TPSA) is 43.1 Å². The molecule has 0 heterocycles. The van der Waals surface area contributed by atoms with Gasteiger partial charge in [-0.3, -0.25) is 10.1 Å². The lowest BCUT2D eigenvalue weighted by atomic mass is 9.84. The molecule has 0 aliphatic rings. The maximum Gasteiger partial charge on any atom is 0.235 e. The van der Waals surface area contributed by atoms with Gasteiger partial charge in [0.1, 0.15) is 0 Å². The van der Waals surface area contributed by atoms with Crippen LogP contribution in [0, 0.1) is 10.1 Å². The third kappa shape index (κ3) is 3.20. The van der Waals surface area contributed by atoms with E-state index in [4.69, 9.17) is 0 Å². The highest BCUT2D eigenvalue weighted by Gasteiger charge is 2.16. The number of nitrogens with zero attached hydrogens (tertiary/aromatic N) is 1. The van der Waals surface area contributed by atoms with E-state index in [2.05, 4.69) is 20.8 Å². The Labute approximate surface area is 89.6 Å². The highest BCUT2D eigenvalue weighted by Crippen LogP contribution is 2.26. The van der Waals surface area contributed by atoms with Gasteiger partial charge in [-0.15, -0.1) is 0 Å². The summed E-state index contributed by atoms with van der Waals surface area (Å²) in [4.78, 5) is 9.81. The van der Waals surface area contributed by atoms with E-state index >= 15 is 0 Å². The largest absolute Gasteiger partial charge is 0.259 e. The minimum absolute atomic E-state index is 0.00245. The van der Waals surface area contributed by atoms with Gasteiger partial charge in [-0.05, 0) is 16.5 Å². The molecule has 0 saturated carbocycles. The van der Waals surface area contributed by atoms with Crippen molar-refractivity contribution in [3.63, 3.8) is 0 Å². The van der Waals surface area contributed by atoms with Crippen LogP contribution in [0.3, 0.4) is 0 Å². The van der Waals surface area contributed by atoms with Crippen molar-refractivity contribution in [3.8, 4) is 0 Å². The van der Waals surface area contributed by atoms with Crippen LogP contribution in [0.1, 0.15) is 31.9 Å². The summed E-state index contributed by atoms with van der Waals surface area (Å²) < 4.78 is 0. The minimum Gasteiger partial charge on any atom is -0.259 e. The molecule has 0 amide bonds. The lowest BCUT2D eigenvalue weighted by Gasteiger charge is -2.21. The molecule has 0 N–H and O–H groups in total. The van der Waals surface area contributed by atoms with E-state index in [1.165, 1.54) is 0 Å². The van der Waals surface area contributed by atoms with Crippen LogP contribution in [-0.2, 0) is 5.41 Å². The van der Waals surface area contributed by atoms with Crippen molar-refractivity contribution in [1.29, 1.82) is 0 Å². The Bertz CT molecular complexity index is 389. The van der Waals surface area contributed by atoms with Crippen molar-refractivity contribution in [2.45, 2.75) is 26.2 Å². The Hall–Kier alpha value is -1.64. The fourth-order valence-corrected chi connectivity index (χ4v) is 1.47. The molecule has 1 aromatic rings. The van der Waals surface area contributed by atoms with Gasteiger partial charge >= 0.3 is 0 Å². The molecule has 0 unspecified atom stereocenters. The van der Waals surface area contributed by atoms with Crippen LogP contribution in [0.5, 0.6) is 0 Å². The van der Waals surface area contributed by atoms with Gasteiger partial charge in [-0.2, -0.15) is 0 Å². The van der Waals surface area contributed by atoms with Gasteiger partial charge in [0.15, 0.2) is 0 Å². The van der Waals surface area contributed by atoms with Gasteiger partial charge in [-0.25, -0.2) is 0 Å². The Balaban J connectivity index is 3.13. The maximum atomic E-state index is 10.3. The molecule has 0 bridgehead atoms. The molecule has 0 aliphatic heterocycles. The fraction of sp³-hybridized carbons (Fsp3) is 0.333. The maximum absolute atomic E-state index is 10.3. The Kier molecular flexibility index (Phi) is 3.24. The zero-order valence-electron chi connectivity index (χ0n) is 9.23. The summed E-state index contributed by atoms with van der Waals surface area (Å²) in [6, 6.07) is 7.72. The molecule has 0 saturated heterocycles. The minimum atomic E-state index is -0.445. The van der Waals surface area contributed by atoms with Gasteiger partial charge in [0, 0.05) is 6.08 Å². The Morgan fingerprint density at radius 3 is 2.40 bits per heavy atom. The zero-order chi connectivity index (χ0) is 11.5. The summed E-state index contributed by atoms with van der Waals surface area (Å²) >= 11 is 0. The van der Waals surface area contributed by atoms with Crippen molar-refractivity contribution in [3.05, 3.63) is 51.7 Å². The Morgan fingerprint density at radius 2 is 1.87 bits per heavy atom. The molecule has 0 aromatic heterocycles. The molecule has 0 atom stereocenters. The summed E-state index contributed by atoms with van der Waals surface area (Å²) in [6.45, 7) is 6.27. The highest BCUT2D eigenvalue weighted by atomic mass is 16.6. The third-order valence-electron chi connectivity index (χ3n) is 2.14. The third-order valence-corrected chi connectivity index (χ3v) is 2.14. The van der Waals surface area contributed by atoms with Gasteiger partial charge in [0.2, 0.25) is 6.20 Å². The van der Waals surface area contributed by atoms with E-state index in [1.807, 2.05) is 24.3 Å². The van der Waals surface area contributed by atoms with Crippen LogP contribution in [0.2, 0.25) is 0 Å². The lowest BCUT2D eigenvalue weighted by Crippen LogP contribution is -2.12. The molecule has 1 aromatic carbocycles. The quantitative estimate of drug-likeness (QED) is 0.549. The second-order valence-corrected chi connectivity index (χ2v) is 4.44. The second kappa shape index (κ2) is 4.26. The van der Waals surface area contributed by atoms with E-state index < -0.39 is 4.92 Å². The number of nitro groups is 1. The number of hydrogen-bond acceptors (Lipinski definition) is 2. The average molecular weight is 205 g/mol. The molecule has 3 heteroatoms. The first-order chi connectivity index (χ1) is 6.91. The van der Waals surface area contributed by atoms with Crippen LogP contribution in [-0.4, -0.2) is 4.92 Å². The molecule has 0 fully saturated rings. The molecule has 15 heavy (non-hydrogen) atoms. The van der Waals surface area contributed by atoms with E-state index in [1.54, 1.807) is 6.08 Å². The zero-order valence-corrected chi connectivity index (χ0v) is 9.23. The number of rotatable bonds is 2. The molecule has 0 aliphatic carbocycles. The van der Waals surface area contributed by atoms with Crippen molar-refractivity contribution >= 4 is 6.08 Å². The molecule has 1 rings (SSSR count). The monoisotopic (exact) mass is 205 g/mol. The van der Waals surface area contributed by atoms with Crippen LogP contribution in [0.25, 0.3) is 6.08 Å².